The van der Waals surface area contributed by atoms with E-state index in [1.807, 2.05) is 28.7 Å². The number of alkyl halides is 1. The molecule has 0 saturated heterocycles. The number of nitrogens with two attached hydrogens (primary N) is 1. The number of hydrogen-bond donors (Lipinski definition) is 1. The summed E-state index contributed by atoms with van der Waals surface area (Å²) in [6.07, 6.45) is 2.77. The van der Waals surface area contributed by atoms with E-state index in [2.05, 4.69) is 67.9 Å². The molecule has 0 unspecified atom stereocenters. The Morgan fingerprint density at radius 1 is 1.20 bits per heavy atom. The molecule has 6 heteroatoms. The average molecular weight is 522 g/mol. The first-order chi connectivity index (χ1) is 14.8. The second-order valence-electron chi connectivity index (χ2n) is 7.48. The number of ether oxygens (including phenoxy) is 2. The summed E-state index contributed by atoms with van der Waals surface area (Å²) in [4.78, 5) is 0.470. The fourth-order valence-electron chi connectivity index (χ4n) is 3.75. The predicted octanol–water partition coefficient (Wildman–Crippen LogP) is 5.58. The quantitative estimate of drug-likeness (QED) is 0.151. The van der Waals surface area contributed by atoms with E-state index in [0.717, 1.165) is 28.2 Å². The van der Waals surface area contributed by atoms with Gasteiger partial charge in [-0.25, -0.2) is 0 Å². The van der Waals surface area contributed by atoms with Gasteiger partial charge in [0.2, 0.25) is 0 Å². The van der Waals surface area contributed by atoms with E-state index in [1.54, 1.807) is 14.2 Å². The summed E-state index contributed by atoms with van der Waals surface area (Å²) in [5.41, 5.74) is 6.43. The normalized spacial score (nSPS) is 11.9. The number of fused-ring (bicyclic) bond motifs is 1. The Morgan fingerprint density at radius 2 is 1.87 bits per heavy atom. The van der Waals surface area contributed by atoms with Gasteiger partial charge < -0.3 is 19.9 Å². The summed E-state index contributed by atoms with van der Waals surface area (Å²) in [6, 6.07) is 10.5. The molecule has 0 radical (unpaired) electrons. The molecule has 0 amide bonds. The third kappa shape index (κ3) is 4.91. The van der Waals surface area contributed by atoms with Crippen LogP contribution in [0.5, 0.6) is 11.5 Å². The first-order valence-electron chi connectivity index (χ1n) is 10.4. The molecular formula is C24H32IN3O2. The van der Waals surface area contributed by atoms with E-state index in [1.165, 1.54) is 16.5 Å². The maximum atomic E-state index is 6.20. The van der Waals surface area contributed by atoms with E-state index < -0.39 is 0 Å². The number of benzene rings is 2. The summed E-state index contributed by atoms with van der Waals surface area (Å²) < 4.78 is 19.5. The monoisotopic (exact) mass is 522 g/mol. The van der Waals surface area contributed by atoms with E-state index in [-0.39, 0.29) is 0 Å². The Bertz CT molecular complexity index is 1060. The van der Waals surface area contributed by atoms with Crippen LogP contribution < -0.4 is 15.3 Å². The minimum atomic E-state index is 0.307. The van der Waals surface area contributed by atoms with Crippen molar-refractivity contribution >= 4 is 39.2 Å². The number of rotatable bonds is 6. The zero-order valence-corrected chi connectivity index (χ0v) is 20.8. The lowest BCUT2D eigenvalue weighted by atomic mass is 9.94. The zero-order valence-electron chi connectivity index (χ0n) is 19.6. The Labute approximate surface area is 194 Å². The van der Waals surface area contributed by atoms with Gasteiger partial charge in [0.25, 0.3) is 0 Å². The van der Waals surface area contributed by atoms with Gasteiger partial charge in [0.1, 0.15) is 11.5 Å². The third-order valence-electron chi connectivity index (χ3n) is 5.27. The van der Waals surface area contributed by atoms with Gasteiger partial charge in [-0.1, -0.05) is 42.5 Å². The molecule has 3 rings (SSSR count). The van der Waals surface area contributed by atoms with Crippen LogP contribution in [-0.2, 0) is 13.5 Å². The van der Waals surface area contributed by atoms with E-state index >= 15 is 0 Å². The van der Waals surface area contributed by atoms with Gasteiger partial charge in [-0.2, -0.15) is 5.10 Å². The topological polar surface area (TPSA) is 61.8 Å². The molecule has 2 N–H and O–H groups in total. The highest BCUT2D eigenvalue weighted by Crippen LogP contribution is 2.34. The van der Waals surface area contributed by atoms with Crippen LogP contribution in [0.1, 0.15) is 43.4 Å². The van der Waals surface area contributed by atoms with E-state index in [0.29, 0.717) is 23.0 Å². The van der Waals surface area contributed by atoms with Crippen LogP contribution in [-0.4, -0.2) is 29.4 Å². The number of hydrogen-bond acceptors (Lipinski definition) is 4. The maximum absolute atomic E-state index is 6.20. The fourth-order valence-corrected chi connectivity index (χ4v) is 3.75. The second-order valence-corrected chi connectivity index (χ2v) is 7.48. The SMILES string of the molecule is COc1cc(OC)c(C(C)C)cc1C(Cc1ccc2c(c1)c(C)cn2C)=NN.[2H]CI. The third-order valence-corrected chi connectivity index (χ3v) is 5.27. The van der Waals surface area contributed by atoms with Crippen LogP contribution in [0.3, 0.4) is 0 Å². The van der Waals surface area contributed by atoms with Crippen molar-refractivity contribution in [1.29, 1.82) is 0 Å². The van der Waals surface area contributed by atoms with Crippen LogP contribution in [0.15, 0.2) is 41.6 Å². The highest BCUT2D eigenvalue weighted by atomic mass is 127. The van der Waals surface area contributed by atoms with Gasteiger partial charge in [-0.3, -0.25) is 0 Å². The molecule has 1 heterocycles. The molecule has 162 valence electrons. The van der Waals surface area contributed by atoms with Gasteiger partial charge in [0, 0.05) is 43.6 Å². The van der Waals surface area contributed by atoms with Crippen molar-refractivity contribution in [3.63, 3.8) is 0 Å². The van der Waals surface area contributed by atoms with Crippen molar-refractivity contribution in [3.05, 3.63) is 58.8 Å². The number of hydrazone groups is 1. The highest BCUT2D eigenvalue weighted by Gasteiger charge is 2.18. The molecule has 2 aromatic carbocycles. The predicted molar refractivity (Wildman–Crippen MR) is 136 cm³/mol. The summed E-state index contributed by atoms with van der Waals surface area (Å²) >= 11 is 1.96. The summed E-state index contributed by atoms with van der Waals surface area (Å²) in [6.45, 7) is 6.41. The number of methoxy groups -OCH3 is 2. The number of aromatic nitrogens is 1. The smallest absolute Gasteiger partial charge is 0.131 e. The van der Waals surface area contributed by atoms with Crippen LogP contribution in [0, 0.1) is 6.92 Å². The standard InChI is InChI=1S/C23H29N3O2.CH3I/c1-14(2)17-11-19(23(28-6)12-22(17)27-5)20(25-24)10-16-7-8-21-18(9-16)15(3)13-26(21)4;1-2/h7-9,11-14H,10,24H2,1-6H3;1H3/i;1D. The molecule has 0 fully saturated rings. The Hall–Kier alpha value is -2.22. The van der Waals surface area contributed by atoms with Crippen molar-refractivity contribution in [3.8, 4) is 11.5 Å². The molecule has 0 aliphatic rings. The van der Waals surface area contributed by atoms with Crippen molar-refractivity contribution in [2.75, 3.05) is 19.1 Å². The Balaban J connectivity index is 0.00000107. The number of halogens is 1. The maximum Gasteiger partial charge on any atom is 0.131 e. The first kappa shape index (κ1) is 22.5. The van der Waals surface area contributed by atoms with E-state index in [9.17, 15) is 0 Å². The summed E-state index contributed by atoms with van der Waals surface area (Å²) in [5, 5.41) is 5.37. The van der Waals surface area contributed by atoms with Gasteiger partial charge in [-0.05, 0) is 52.6 Å². The Morgan fingerprint density at radius 3 is 2.43 bits per heavy atom. The van der Waals surface area contributed by atoms with Crippen molar-refractivity contribution < 1.29 is 10.8 Å². The molecule has 0 aliphatic carbocycles. The minimum Gasteiger partial charge on any atom is -0.496 e. The highest BCUT2D eigenvalue weighted by molar-refractivity contribution is 14.1. The van der Waals surface area contributed by atoms with Gasteiger partial charge in [-0.15, -0.1) is 0 Å². The van der Waals surface area contributed by atoms with Gasteiger partial charge in [0.05, 0.1) is 19.9 Å². The van der Waals surface area contributed by atoms with Crippen LogP contribution >= 0.6 is 22.6 Å². The molecule has 30 heavy (non-hydrogen) atoms. The van der Waals surface area contributed by atoms with Crippen LogP contribution in [0.4, 0.5) is 0 Å². The van der Waals surface area contributed by atoms with Crippen molar-refractivity contribution in [2.24, 2.45) is 18.0 Å². The largest absolute Gasteiger partial charge is 0.496 e. The lowest BCUT2D eigenvalue weighted by molar-refractivity contribution is 0.389. The molecule has 1 aromatic heterocycles. The van der Waals surface area contributed by atoms with Gasteiger partial charge >= 0.3 is 0 Å². The number of aryl methyl sites for hydroxylation is 2. The molecular weight excluding hydrogens is 489 g/mol. The van der Waals surface area contributed by atoms with Crippen molar-refractivity contribution in [1.82, 2.24) is 4.57 Å². The number of nitrogens with zero attached hydrogens (tertiary/aromatic N) is 2. The molecule has 0 spiro atoms. The lowest BCUT2D eigenvalue weighted by Gasteiger charge is -2.18. The molecule has 0 saturated carbocycles. The summed E-state index contributed by atoms with van der Waals surface area (Å²) in [5.74, 6) is 7.65. The van der Waals surface area contributed by atoms with Crippen LogP contribution in [0.25, 0.3) is 10.9 Å². The van der Waals surface area contributed by atoms with Gasteiger partial charge in [0.15, 0.2) is 0 Å². The second kappa shape index (κ2) is 10.7. The van der Waals surface area contributed by atoms with Crippen molar-refractivity contribution in [2.45, 2.75) is 33.1 Å². The lowest BCUT2D eigenvalue weighted by Crippen LogP contribution is -2.11. The first-order valence-corrected chi connectivity index (χ1v) is 11.3. The zero-order chi connectivity index (χ0) is 23.1. The molecule has 5 nitrogen and oxygen atoms in total. The molecule has 0 aliphatic heterocycles. The van der Waals surface area contributed by atoms with Crippen LogP contribution in [0.2, 0.25) is 0 Å². The summed E-state index contributed by atoms with van der Waals surface area (Å²) in [7, 11) is 5.40. The average Bonchev–Trinajstić information content (AvgIpc) is 3.04. The minimum absolute atomic E-state index is 0.307. The Kier molecular flexibility index (Phi) is 8.01. The fraction of sp³-hybridized carbons (Fsp3) is 0.375. The molecule has 0 atom stereocenters. The molecule has 0 bridgehead atoms. The molecule has 3 aromatic rings. The van der Waals surface area contributed by atoms with E-state index in [4.69, 9.17) is 16.7 Å².